The maximum absolute atomic E-state index is 13.8. The number of rotatable bonds is 4. The second-order valence-corrected chi connectivity index (χ2v) is 4.17. The topological polar surface area (TPSA) is 90.1 Å². The minimum Gasteiger partial charge on any atom is -0.346 e. The summed E-state index contributed by atoms with van der Waals surface area (Å²) in [5.41, 5.74) is -1.17. The van der Waals surface area contributed by atoms with E-state index in [4.69, 9.17) is 0 Å². The van der Waals surface area contributed by atoms with Gasteiger partial charge in [-0.2, -0.15) is 9.49 Å². The molecule has 110 valence electrons. The molecule has 1 N–H and O–H groups in total. The number of aryl methyl sites for hydroxylation is 1. The summed E-state index contributed by atoms with van der Waals surface area (Å²) in [6, 6.07) is 2.67. The van der Waals surface area contributed by atoms with Crippen LogP contribution in [0.5, 0.6) is 0 Å². The molecular formula is C12H10F2N4O3. The van der Waals surface area contributed by atoms with Crippen LogP contribution >= 0.6 is 0 Å². The number of amides is 1. The molecule has 0 spiro atoms. The third kappa shape index (κ3) is 3.02. The van der Waals surface area contributed by atoms with E-state index in [0.29, 0.717) is 17.8 Å². The Kier molecular flexibility index (Phi) is 3.92. The number of nitro groups is 1. The molecule has 0 saturated carbocycles. The predicted molar refractivity (Wildman–Crippen MR) is 67.4 cm³/mol. The van der Waals surface area contributed by atoms with E-state index in [1.165, 1.54) is 10.9 Å². The Morgan fingerprint density at radius 1 is 1.48 bits per heavy atom. The predicted octanol–water partition coefficient (Wildman–Crippen LogP) is 1.54. The number of halogens is 2. The lowest BCUT2D eigenvalue weighted by atomic mass is 10.1. The number of nitrogens with zero attached hydrogens (tertiary/aromatic N) is 3. The van der Waals surface area contributed by atoms with Gasteiger partial charge in [0.1, 0.15) is 5.82 Å². The van der Waals surface area contributed by atoms with Crippen LogP contribution in [0.2, 0.25) is 0 Å². The van der Waals surface area contributed by atoms with Crippen molar-refractivity contribution in [1.29, 1.82) is 0 Å². The van der Waals surface area contributed by atoms with E-state index < -0.39 is 33.7 Å². The molecule has 2 rings (SSSR count). The van der Waals surface area contributed by atoms with Gasteiger partial charge in [0.05, 0.1) is 28.8 Å². The highest BCUT2D eigenvalue weighted by atomic mass is 19.1. The average Bonchev–Trinajstić information content (AvgIpc) is 2.83. The fourth-order valence-electron chi connectivity index (χ4n) is 1.71. The molecule has 1 aromatic carbocycles. The lowest BCUT2D eigenvalue weighted by Crippen LogP contribution is -2.25. The zero-order valence-electron chi connectivity index (χ0n) is 10.8. The summed E-state index contributed by atoms with van der Waals surface area (Å²) in [7, 11) is 1.65. The van der Waals surface area contributed by atoms with Crippen LogP contribution in [0.25, 0.3) is 0 Å². The molecule has 0 aliphatic heterocycles. The van der Waals surface area contributed by atoms with Gasteiger partial charge < -0.3 is 5.32 Å². The van der Waals surface area contributed by atoms with Crippen molar-refractivity contribution in [1.82, 2.24) is 15.1 Å². The van der Waals surface area contributed by atoms with Crippen molar-refractivity contribution in [2.75, 3.05) is 0 Å². The molecule has 0 radical (unpaired) electrons. The summed E-state index contributed by atoms with van der Waals surface area (Å²) in [6.45, 7) is 0.0269. The van der Waals surface area contributed by atoms with Crippen LogP contribution in [0, 0.1) is 21.7 Å². The van der Waals surface area contributed by atoms with Crippen LogP contribution < -0.4 is 5.32 Å². The number of benzene rings is 1. The molecule has 0 aliphatic rings. The molecule has 21 heavy (non-hydrogen) atoms. The van der Waals surface area contributed by atoms with Gasteiger partial charge in [-0.1, -0.05) is 0 Å². The molecule has 0 aliphatic carbocycles. The first-order chi connectivity index (χ1) is 9.90. The monoisotopic (exact) mass is 296 g/mol. The van der Waals surface area contributed by atoms with Crippen LogP contribution in [-0.2, 0) is 13.6 Å². The number of hydrogen-bond donors (Lipinski definition) is 1. The van der Waals surface area contributed by atoms with E-state index in [0.717, 1.165) is 0 Å². The van der Waals surface area contributed by atoms with Crippen LogP contribution in [0.15, 0.2) is 24.4 Å². The van der Waals surface area contributed by atoms with Gasteiger partial charge in [0.25, 0.3) is 5.91 Å². The molecule has 0 fully saturated rings. The third-order valence-corrected chi connectivity index (χ3v) is 2.81. The maximum atomic E-state index is 13.8. The molecule has 9 heteroatoms. The van der Waals surface area contributed by atoms with Crippen LogP contribution in [-0.4, -0.2) is 20.6 Å². The van der Waals surface area contributed by atoms with Gasteiger partial charge in [-0.05, 0) is 12.1 Å². The molecule has 2 aromatic rings. The SMILES string of the molecule is Cn1nccc1CNC(=O)c1cc(F)cc([N+](=O)[O-])c1F. The Labute approximate surface area is 117 Å². The lowest BCUT2D eigenvalue weighted by molar-refractivity contribution is -0.387. The second kappa shape index (κ2) is 5.65. The van der Waals surface area contributed by atoms with E-state index in [-0.39, 0.29) is 6.54 Å². The number of hydrogen-bond acceptors (Lipinski definition) is 4. The Bertz CT molecular complexity index is 715. The van der Waals surface area contributed by atoms with E-state index in [2.05, 4.69) is 10.4 Å². The summed E-state index contributed by atoms with van der Waals surface area (Å²) < 4.78 is 28.5. The minimum atomic E-state index is -1.37. The quantitative estimate of drug-likeness (QED) is 0.684. The molecule has 1 aromatic heterocycles. The number of aromatic nitrogens is 2. The van der Waals surface area contributed by atoms with Crippen molar-refractivity contribution in [3.8, 4) is 0 Å². The van der Waals surface area contributed by atoms with Crippen molar-refractivity contribution < 1.29 is 18.5 Å². The van der Waals surface area contributed by atoms with Gasteiger partial charge in [0.2, 0.25) is 5.82 Å². The molecule has 0 atom stereocenters. The number of nitrogens with one attached hydrogen (secondary N) is 1. The van der Waals surface area contributed by atoms with Crippen LogP contribution in [0.3, 0.4) is 0 Å². The number of nitro benzene ring substituents is 1. The fraction of sp³-hybridized carbons (Fsp3) is 0.167. The highest BCUT2D eigenvalue weighted by molar-refractivity contribution is 5.95. The molecule has 0 saturated heterocycles. The highest BCUT2D eigenvalue weighted by Gasteiger charge is 2.24. The molecule has 1 amide bonds. The Morgan fingerprint density at radius 3 is 2.76 bits per heavy atom. The van der Waals surface area contributed by atoms with Gasteiger partial charge in [0.15, 0.2) is 0 Å². The van der Waals surface area contributed by atoms with E-state index in [1.54, 1.807) is 13.1 Å². The lowest BCUT2D eigenvalue weighted by Gasteiger charge is -2.07. The Hall–Kier alpha value is -2.84. The largest absolute Gasteiger partial charge is 0.346 e. The zero-order chi connectivity index (χ0) is 15.6. The first-order valence-electron chi connectivity index (χ1n) is 5.78. The molecule has 0 unspecified atom stereocenters. The maximum Gasteiger partial charge on any atom is 0.308 e. The molecular weight excluding hydrogens is 286 g/mol. The summed E-state index contributed by atoms with van der Waals surface area (Å²) in [5, 5.41) is 16.8. The first kappa shape index (κ1) is 14.6. The summed E-state index contributed by atoms with van der Waals surface area (Å²) in [4.78, 5) is 21.3. The van der Waals surface area contributed by atoms with E-state index >= 15 is 0 Å². The van der Waals surface area contributed by atoms with Crippen molar-refractivity contribution >= 4 is 11.6 Å². The van der Waals surface area contributed by atoms with Gasteiger partial charge in [-0.3, -0.25) is 19.6 Å². The standard InChI is InChI=1S/C12H10F2N4O3/c1-17-8(2-3-16-17)6-15-12(19)9-4-7(13)5-10(11(9)14)18(20)21/h2-5H,6H2,1H3,(H,15,19). The number of carbonyl (C=O) groups excluding carboxylic acids is 1. The normalized spacial score (nSPS) is 10.4. The van der Waals surface area contributed by atoms with Crippen molar-refractivity contribution in [3.63, 3.8) is 0 Å². The van der Waals surface area contributed by atoms with Gasteiger partial charge in [-0.15, -0.1) is 0 Å². The second-order valence-electron chi connectivity index (χ2n) is 4.17. The summed E-state index contributed by atoms with van der Waals surface area (Å²) >= 11 is 0. The molecule has 1 heterocycles. The number of carbonyl (C=O) groups is 1. The third-order valence-electron chi connectivity index (χ3n) is 2.81. The van der Waals surface area contributed by atoms with Crippen LogP contribution in [0.1, 0.15) is 16.1 Å². The summed E-state index contributed by atoms with van der Waals surface area (Å²) in [5.74, 6) is -3.38. The van der Waals surface area contributed by atoms with Gasteiger partial charge >= 0.3 is 5.69 Å². The van der Waals surface area contributed by atoms with Crippen molar-refractivity contribution in [2.45, 2.75) is 6.54 Å². The first-order valence-corrected chi connectivity index (χ1v) is 5.78. The van der Waals surface area contributed by atoms with Crippen molar-refractivity contribution in [3.05, 3.63) is 57.4 Å². The minimum absolute atomic E-state index is 0.0269. The van der Waals surface area contributed by atoms with Crippen LogP contribution in [0.4, 0.5) is 14.5 Å². The Balaban J connectivity index is 2.23. The van der Waals surface area contributed by atoms with E-state index in [1.807, 2.05) is 0 Å². The van der Waals surface area contributed by atoms with Crippen molar-refractivity contribution in [2.24, 2.45) is 7.05 Å². The van der Waals surface area contributed by atoms with E-state index in [9.17, 15) is 23.7 Å². The molecule has 0 bridgehead atoms. The van der Waals surface area contributed by atoms with Gasteiger partial charge in [-0.25, -0.2) is 4.39 Å². The fourth-order valence-corrected chi connectivity index (χ4v) is 1.71. The smallest absolute Gasteiger partial charge is 0.308 e. The average molecular weight is 296 g/mol. The Morgan fingerprint density at radius 2 is 2.19 bits per heavy atom. The summed E-state index contributed by atoms with van der Waals surface area (Å²) in [6.07, 6.45) is 1.51. The highest BCUT2D eigenvalue weighted by Crippen LogP contribution is 2.22. The molecule has 7 nitrogen and oxygen atoms in total. The zero-order valence-corrected chi connectivity index (χ0v) is 10.8. The van der Waals surface area contributed by atoms with Gasteiger partial charge in [0, 0.05) is 13.2 Å².